The minimum absolute atomic E-state index is 0.461. The van der Waals surface area contributed by atoms with Gasteiger partial charge in [-0.3, -0.25) is 0 Å². The molecule has 9 atom stereocenters. The number of hydrogen-bond acceptors (Lipinski definition) is 0. The lowest BCUT2D eigenvalue weighted by molar-refractivity contribution is -0.000399. The van der Waals surface area contributed by atoms with Crippen LogP contribution in [0.1, 0.15) is 139 Å². The Hall–Kier alpha value is 0.434. The maximum atomic E-state index is 2.94. The van der Waals surface area contributed by atoms with Gasteiger partial charge in [-0.15, -0.1) is 0 Å². The molecule has 0 amide bonds. The summed E-state index contributed by atoms with van der Waals surface area (Å²) in [6, 6.07) is 0. The Morgan fingerprint density at radius 2 is 1.23 bits per heavy atom. The molecule has 0 aromatic heterocycles. The monoisotopic (exact) mass is 573 g/mol. The van der Waals surface area contributed by atoms with E-state index in [4.69, 9.17) is 0 Å². The summed E-state index contributed by atoms with van der Waals surface area (Å²) in [5.74, 6) is 8.05. The first-order valence-electron chi connectivity index (χ1n) is 18.0. The van der Waals surface area contributed by atoms with Gasteiger partial charge in [0.15, 0.2) is 0 Å². The van der Waals surface area contributed by atoms with Crippen LogP contribution in [0.3, 0.4) is 0 Å². The molecule has 0 aromatic rings. The molecule has 0 saturated heterocycles. The Balaban J connectivity index is 1.54. The SMILES string of the molecule is CCCCC1CCC([Si](C)(C)[Si](C)(C)C2C(C)CC3C(C4CC(C(C)(C)C)CC(C(C)(C)C)C4)CCCC32)C1. The summed E-state index contributed by atoms with van der Waals surface area (Å²) < 4.78 is 0. The predicted molar refractivity (Wildman–Crippen MR) is 181 cm³/mol. The molecular formula is C37H72Si2. The Morgan fingerprint density at radius 1 is 0.641 bits per heavy atom. The third-order valence-corrected chi connectivity index (χ3v) is 35.5. The summed E-state index contributed by atoms with van der Waals surface area (Å²) in [4.78, 5) is 0. The predicted octanol–water partition coefficient (Wildman–Crippen LogP) is 12.4. The van der Waals surface area contributed by atoms with Crippen LogP contribution in [0.15, 0.2) is 0 Å². The first-order valence-corrected chi connectivity index (χ1v) is 25.1. The molecule has 4 saturated carbocycles. The third-order valence-electron chi connectivity index (χ3n) is 14.7. The van der Waals surface area contributed by atoms with Crippen LogP contribution in [0.2, 0.25) is 37.3 Å². The van der Waals surface area contributed by atoms with E-state index < -0.39 is 15.2 Å². The number of rotatable bonds is 7. The zero-order chi connectivity index (χ0) is 29.0. The molecule has 0 aliphatic heterocycles. The molecule has 0 aromatic carbocycles. The highest BCUT2D eigenvalue weighted by Crippen LogP contribution is 2.63. The van der Waals surface area contributed by atoms with Crippen LogP contribution >= 0.6 is 0 Å². The third kappa shape index (κ3) is 6.52. The Labute approximate surface area is 248 Å². The quantitative estimate of drug-likeness (QED) is 0.266. The van der Waals surface area contributed by atoms with E-state index in [1.54, 1.807) is 44.9 Å². The van der Waals surface area contributed by atoms with Crippen molar-refractivity contribution in [1.82, 2.24) is 0 Å². The molecule has 4 aliphatic rings. The fourth-order valence-corrected chi connectivity index (χ4v) is 26.3. The van der Waals surface area contributed by atoms with E-state index in [2.05, 4.69) is 81.6 Å². The van der Waals surface area contributed by atoms with E-state index in [1.807, 2.05) is 0 Å². The summed E-state index contributed by atoms with van der Waals surface area (Å²) in [6.07, 6.45) is 20.0. The summed E-state index contributed by atoms with van der Waals surface area (Å²) in [7, 11) is -2.58. The van der Waals surface area contributed by atoms with Crippen LogP contribution in [-0.2, 0) is 0 Å². The lowest BCUT2D eigenvalue weighted by Gasteiger charge is -2.53. The Kier molecular flexibility index (Phi) is 9.82. The van der Waals surface area contributed by atoms with Gasteiger partial charge in [-0.1, -0.05) is 133 Å². The second kappa shape index (κ2) is 11.8. The lowest BCUT2D eigenvalue weighted by atomic mass is 9.55. The molecule has 4 fully saturated rings. The molecule has 4 aliphatic carbocycles. The lowest BCUT2D eigenvalue weighted by Crippen LogP contribution is -2.62. The van der Waals surface area contributed by atoms with E-state index in [9.17, 15) is 0 Å². The molecule has 39 heavy (non-hydrogen) atoms. The van der Waals surface area contributed by atoms with Crippen LogP contribution in [0.5, 0.6) is 0 Å². The molecule has 0 radical (unpaired) electrons. The second-order valence-electron chi connectivity index (χ2n) is 19.2. The van der Waals surface area contributed by atoms with Crippen LogP contribution in [-0.4, -0.2) is 15.2 Å². The molecule has 0 nitrogen and oxygen atoms in total. The largest absolute Gasteiger partial charge is 0.0711 e. The summed E-state index contributed by atoms with van der Waals surface area (Å²) >= 11 is 0. The van der Waals surface area contributed by atoms with Crippen molar-refractivity contribution in [3.05, 3.63) is 0 Å². The zero-order valence-electron chi connectivity index (χ0n) is 29.0. The van der Waals surface area contributed by atoms with Crippen LogP contribution < -0.4 is 0 Å². The van der Waals surface area contributed by atoms with E-state index >= 15 is 0 Å². The van der Waals surface area contributed by atoms with Gasteiger partial charge < -0.3 is 0 Å². The summed E-state index contributed by atoms with van der Waals surface area (Å²) in [6.45, 7) is 32.1. The highest BCUT2D eigenvalue weighted by molar-refractivity contribution is 7.41. The maximum absolute atomic E-state index is 2.94. The average Bonchev–Trinajstić information content (AvgIpc) is 3.45. The van der Waals surface area contributed by atoms with Gasteiger partial charge in [-0.25, -0.2) is 0 Å². The van der Waals surface area contributed by atoms with Crippen LogP contribution in [0.25, 0.3) is 0 Å². The molecule has 0 bridgehead atoms. The Morgan fingerprint density at radius 3 is 1.79 bits per heavy atom. The van der Waals surface area contributed by atoms with Crippen molar-refractivity contribution in [2.75, 3.05) is 0 Å². The molecule has 9 unspecified atom stereocenters. The standard InChI is InChI=1S/C37H72Si2/c1-13-14-16-27-19-20-31(22-27)38(9,10)39(11,12)35-26(2)21-34-32(17-15-18-33(34)35)28-23-29(36(3,4)5)25-30(24-28)37(6,7)8/h26-35H,13-25H2,1-12H3. The summed E-state index contributed by atoms with van der Waals surface area (Å²) in [5.41, 5.74) is 3.16. The van der Waals surface area contributed by atoms with Gasteiger partial charge in [0.05, 0.1) is 0 Å². The van der Waals surface area contributed by atoms with Gasteiger partial charge in [0.25, 0.3) is 0 Å². The number of fused-ring (bicyclic) bond motifs is 1. The van der Waals surface area contributed by atoms with Gasteiger partial charge in [-0.2, -0.15) is 0 Å². The van der Waals surface area contributed by atoms with Crippen LogP contribution in [0, 0.1) is 58.2 Å². The molecule has 0 spiro atoms. The highest BCUT2D eigenvalue weighted by atomic mass is 29.3. The van der Waals surface area contributed by atoms with E-state index in [0.717, 1.165) is 58.4 Å². The van der Waals surface area contributed by atoms with Gasteiger partial charge in [0, 0.05) is 15.2 Å². The van der Waals surface area contributed by atoms with Gasteiger partial charge in [-0.05, 0) is 101 Å². The maximum Gasteiger partial charge on any atom is 0.0451 e. The molecular weight excluding hydrogens is 501 g/mol. The Bertz CT molecular complexity index is 775. The molecule has 0 N–H and O–H groups in total. The fourth-order valence-electron chi connectivity index (χ4n) is 11.5. The molecule has 2 heteroatoms. The van der Waals surface area contributed by atoms with E-state index in [0.29, 0.717) is 10.8 Å². The van der Waals surface area contributed by atoms with E-state index in [1.165, 1.54) is 38.5 Å². The van der Waals surface area contributed by atoms with Crippen molar-refractivity contribution in [2.24, 2.45) is 58.2 Å². The van der Waals surface area contributed by atoms with Crippen molar-refractivity contribution in [1.29, 1.82) is 0 Å². The highest BCUT2D eigenvalue weighted by Gasteiger charge is 2.60. The van der Waals surface area contributed by atoms with Crippen molar-refractivity contribution in [2.45, 2.75) is 176 Å². The van der Waals surface area contributed by atoms with Gasteiger partial charge in [0.2, 0.25) is 0 Å². The first kappa shape index (κ1) is 32.3. The van der Waals surface area contributed by atoms with Crippen molar-refractivity contribution in [3.8, 4) is 0 Å². The zero-order valence-corrected chi connectivity index (χ0v) is 31.0. The normalized spacial score (nSPS) is 40.6. The van der Waals surface area contributed by atoms with Crippen LogP contribution in [0.4, 0.5) is 0 Å². The van der Waals surface area contributed by atoms with Crippen molar-refractivity contribution in [3.63, 3.8) is 0 Å². The summed E-state index contributed by atoms with van der Waals surface area (Å²) in [5, 5.41) is 0. The average molecular weight is 573 g/mol. The van der Waals surface area contributed by atoms with Gasteiger partial charge in [0.1, 0.15) is 0 Å². The topological polar surface area (TPSA) is 0 Å². The number of hydrogen-bond donors (Lipinski definition) is 0. The number of unbranched alkanes of at least 4 members (excludes halogenated alkanes) is 1. The minimum Gasteiger partial charge on any atom is -0.0711 e. The van der Waals surface area contributed by atoms with Crippen molar-refractivity contribution < 1.29 is 0 Å². The van der Waals surface area contributed by atoms with E-state index in [-0.39, 0.29) is 0 Å². The molecule has 228 valence electrons. The fraction of sp³-hybridized carbons (Fsp3) is 1.00. The smallest absolute Gasteiger partial charge is 0.0451 e. The molecule has 4 rings (SSSR count). The molecule has 0 heterocycles. The van der Waals surface area contributed by atoms with Crippen molar-refractivity contribution >= 4 is 15.2 Å². The van der Waals surface area contributed by atoms with Gasteiger partial charge >= 0.3 is 0 Å². The minimum atomic E-state index is -1.32. The first-order chi connectivity index (χ1) is 18.0. The second-order valence-corrected chi connectivity index (χ2v) is 35.3.